The average molecular weight is 262 g/mol. The van der Waals surface area contributed by atoms with E-state index >= 15 is 0 Å². The smallest absolute Gasteiger partial charge is 0.269 e. The van der Waals surface area contributed by atoms with Crippen LogP contribution in [0, 0.1) is 22.0 Å². The van der Waals surface area contributed by atoms with E-state index in [0.717, 1.165) is 4.90 Å². The Morgan fingerprint density at radius 3 is 2.26 bits per heavy atom. The lowest BCUT2D eigenvalue weighted by Gasteiger charge is -2.16. The first-order valence-corrected chi connectivity index (χ1v) is 6.03. The van der Waals surface area contributed by atoms with Gasteiger partial charge < -0.3 is 0 Å². The van der Waals surface area contributed by atoms with Gasteiger partial charge >= 0.3 is 0 Å². The molecule has 1 heterocycles. The minimum absolute atomic E-state index is 0.0664. The summed E-state index contributed by atoms with van der Waals surface area (Å²) in [4.78, 5) is 35.2. The lowest BCUT2D eigenvalue weighted by molar-refractivity contribution is -0.384. The van der Waals surface area contributed by atoms with Gasteiger partial charge in [0.1, 0.15) is 0 Å². The van der Waals surface area contributed by atoms with Crippen molar-refractivity contribution in [3.63, 3.8) is 0 Å². The van der Waals surface area contributed by atoms with E-state index < -0.39 is 4.92 Å². The highest BCUT2D eigenvalue weighted by Crippen LogP contribution is 2.31. The molecule has 1 fully saturated rings. The Bertz CT molecular complexity index is 536. The first kappa shape index (κ1) is 13.2. The zero-order valence-electron chi connectivity index (χ0n) is 10.7. The fourth-order valence-corrected chi connectivity index (χ4v) is 2.17. The summed E-state index contributed by atoms with van der Waals surface area (Å²) in [6, 6.07) is 5.43. The zero-order valence-corrected chi connectivity index (χ0v) is 10.7. The topological polar surface area (TPSA) is 80.5 Å². The van der Waals surface area contributed by atoms with E-state index in [-0.39, 0.29) is 35.8 Å². The van der Waals surface area contributed by atoms with Crippen LogP contribution in [-0.4, -0.2) is 16.7 Å². The highest BCUT2D eigenvalue weighted by molar-refractivity contribution is 6.21. The molecule has 19 heavy (non-hydrogen) atoms. The maximum Gasteiger partial charge on any atom is 0.269 e. The van der Waals surface area contributed by atoms with Gasteiger partial charge in [-0.15, -0.1) is 0 Å². The molecule has 6 heteroatoms. The molecule has 0 bridgehead atoms. The van der Waals surface area contributed by atoms with Gasteiger partial charge in [-0.05, 0) is 18.1 Å². The number of anilines is 1. The number of nitro benzene ring substituents is 1. The van der Waals surface area contributed by atoms with Gasteiger partial charge in [-0.2, -0.15) is 0 Å². The lowest BCUT2D eigenvalue weighted by Crippen LogP contribution is -2.31. The maximum atomic E-state index is 12.1. The number of nitrogens with zero attached hydrogens (tertiary/aromatic N) is 2. The Balaban J connectivity index is 2.29. The summed E-state index contributed by atoms with van der Waals surface area (Å²) in [5.74, 6) is -0.686. The normalized spacial score (nSPS) is 19.3. The number of nitro groups is 1. The minimum atomic E-state index is -0.520. The van der Waals surface area contributed by atoms with Gasteiger partial charge in [-0.25, -0.2) is 0 Å². The van der Waals surface area contributed by atoms with Gasteiger partial charge in [0.25, 0.3) is 5.69 Å². The molecule has 0 aromatic heterocycles. The first-order chi connectivity index (χ1) is 8.91. The molecular weight excluding hydrogens is 248 g/mol. The molecule has 1 saturated heterocycles. The van der Waals surface area contributed by atoms with Crippen LogP contribution in [0.25, 0.3) is 0 Å². The highest BCUT2D eigenvalue weighted by atomic mass is 16.6. The molecule has 1 aromatic carbocycles. The molecule has 100 valence electrons. The summed E-state index contributed by atoms with van der Waals surface area (Å²) in [5, 5.41) is 10.6. The van der Waals surface area contributed by atoms with E-state index in [0.29, 0.717) is 5.69 Å². The molecule has 6 nitrogen and oxygen atoms in total. The summed E-state index contributed by atoms with van der Waals surface area (Å²) in [5.41, 5.74) is 0.326. The average Bonchev–Trinajstić information content (AvgIpc) is 2.65. The van der Waals surface area contributed by atoms with Crippen molar-refractivity contribution in [1.29, 1.82) is 0 Å². The Morgan fingerprint density at radius 1 is 1.26 bits per heavy atom. The lowest BCUT2D eigenvalue weighted by atomic mass is 9.94. The van der Waals surface area contributed by atoms with Crippen LogP contribution in [0.1, 0.15) is 20.3 Å². The van der Waals surface area contributed by atoms with Crippen molar-refractivity contribution in [2.24, 2.45) is 11.8 Å². The van der Waals surface area contributed by atoms with Crippen LogP contribution in [-0.2, 0) is 9.59 Å². The summed E-state index contributed by atoms with van der Waals surface area (Å²) in [7, 11) is 0. The van der Waals surface area contributed by atoms with Crippen LogP contribution >= 0.6 is 0 Å². The van der Waals surface area contributed by atoms with Crippen molar-refractivity contribution in [2.45, 2.75) is 20.3 Å². The van der Waals surface area contributed by atoms with Gasteiger partial charge in [0.15, 0.2) is 0 Å². The molecule has 0 saturated carbocycles. The second-order valence-corrected chi connectivity index (χ2v) is 4.90. The van der Waals surface area contributed by atoms with Crippen molar-refractivity contribution < 1.29 is 14.5 Å². The van der Waals surface area contributed by atoms with Crippen LogP contribution in [0.3, 0.4) is 0 Å². The summed E-state index contributed by atoms with van der Waals surface area (Å²) in [6.07, 6.45) is 0.202. The minimum Gasteiger partial charge on any atom is -0.274 e. The van der Waals surface area contributed by atoms with Crippen molar-refractivity contribution in [1.82, 2.24) is 0 Å². The number of carbonyl (C=O) groups is 2. The molecule has 1 unspecified atom stereocenters. The molecule has 0 radical (unpaired) electrons. The van der Waals surface area contributed by atoms with E-state index in [1.54, 1.807) is 0 Å². The quantitative estimate of drug-likeness (QED) is 0.474. The molecule has 2 amide bonds. The fourth-order valence-electron chi connectivity index (χ4n) is 2.17. The molecule has 1 atom stereocenters. The third-order valence-corrected chi connectivity index (χ3v) is 3.30. The molecule has 0 spiro atoms. The van der Waals surface area contributed by atoms with Crippen LogP contribution in [0.4, 0.5) is 11.4 Å². The number of hydrogen-bond acceptors (Lipinski definition) is 4. The van der Waals surface area contributed by atoms with E-state index in [1.165, 1.54) is 24.3 Å². The SMILES string of the molecule is CC(C)C1CC(=O)N(c2ccc([N+](=O)[O-])cc2)C1=O. The Kier molecular flexibility index (Phi) is 3.33. The number of benzene rings is 1. The molecule has 1 aliphatic rings. The van der Waals surface area contributed by atoms with Gasteiger partial charge in [0, 0.05) is 18.6 Å². The van der Waals surface area contributed by atoms with Crippen LogP contribution < -0.4 is 4.90 Å². The van der Waals surface area contributed by atoms with Crippen LogP contribution in [0.15, 0.2) is 24.3 Å². The van der Waals surface area contributed by atoms with E-state index in [9.17, 15) is 19.7 Å². The van der Waals surface area contributed by atoms with Crippen LogP contribution in [0.5, 0.6) is 0 Å². The fraction of sp³-hybridized carbons (Fsp3) is 0.385. The largest absolute Gasteiger partial charge is 0.274 e. The van der Waals surface area contributed by atoms with E-state index in [4.69, 9.17) is 0 Å². The number of rotatable bonds is 3. The second kappa shape index (κ2) is 4.79. The van der Waals surface area contributed by atoms with Gasteiger partial charge in [-0.3, -0.25) is 24.6 Å². The zero-order chi connectivity index (χ0) is 14.2. The van der Waals surface area contributed by atoms with Crippen molar-refractivity contribution in [3.8, 4) is 0 Å². The summed E-state index contributed by atoms with van der Waals surface area (Å²) >= 11 is 0. The van der Waals surface area contributed by atoms with Gasteiger partial charge in [-0.1, -0.05) is 13.8 Å². The Morgan fingerprint density at radius 2 is 1.84 bits per heavy atom. The first-order valence-electron chi connectivity index (χ1n) is 6.03. The third kappa shape index (κ3) is 2.33. The second-order valence-electron chi connectivity index (χ2n) is 4.90. The monoisotopic (exact) mass is 262 g/mol. The molecule has 1 aromatic rings. The van der Waals surface area contributed by atoms with Crippen molar-refractivity contribution in [2.75, 3.05) is 4.90 Å². The number of imide groups is 1. The molecular formula is C13H14N2O4. The van der Waals surface area contributed by atoms with E-state index in [2.05, 4.69) is 0 Å². The number of amides is 2. The molecule has 0 N–H and O–H groups in total. The number of non-ortho nitro benzene ring substituents is 1. The maximum absolute atomic E-state index is 12.1. The standard InChI is InChI=1S/C13H14N2O4/c1-8(2)11-7-12(16)14(13(11)17)9-3-5-10(6-4-9)15(18)19/h3-6,8,11H,7H2,1-2H3. The van der Waals surface area contributed by atoms with Crippen LogP contribution in [0.2, 0.25) is 0 Å². The highest BCUT2D eigenvalue weighted by Gasteiger charge is 2.40. The van der Waals surface area contributed by atoms with Crippen molar-refractivity contribution in [3.05, 3.63) is 34.4 Å². The Labute approximate surface area is 110 Å². The number of carbonyl (C=O) groups excluding carboxylic acids is 2. The number of hydrogen-bond donors (Lipinski definition) is 0. The summed E-state index contributed by atoms with van der Waals surface area (Å²) in [6.45, 7) is 3.80. The summed E-state index contributed by atoms with van der Waals surface area (Å²) < 4.78 is 0. The van der Waals surface area contributed by atoms with Crippen molar-refractivity contribution >= 4 is 23.2 Å². The Hall–Kier alpha value is -2.24. The van der Waals surface area contributed by atoms with Gasteiger partial charge in [0.05, 0.1) is 16.5 Å². The van der Waals surface area contributed by atoms with Gasteiger partial charge in [0.2, 0.25) is 11.8 Å². The molecule has 1 aliphatic heterocycles. The molecule has 2 rings (SSSR count). The third-order valence-electron chi connectivity index (χ3n) is 3.30. The predicted octanol–water partition coefficient (Wildman–Crippen LogP) is 2.13. The molecule has 0 aliphatic carbocycles. The van der Waals surface area contributed by atoms with E-state index in [1.807, 2.05) is 13.8 Å². The predicted molar refractivity (Wildman–Crippen MR) is 68.5 cm³/mol.